The van der Waals surface area contributed by atoms with Crippen molar-refractivity contribution in [3.63, 3.8) is 0 Å². The number of thiazole rings is 1. The van der Waals surface area contributed by atoms with E-state index < -0.39 is 27.9 Å². The second-order valence-corrected chi connectivity index (χ2v) is 12.1. The molecule has 3 aromatic rings. The minimum absolute atomic E-state index is 0.122. The highest BCUT2D eigenvalue weighted by molar-refractivity contribution is 7.89. The Kier molecular flexibility index (Phi) is 7.36. The molecule has 2 aliphatic rings. The van der Waals surface area contributed by atoms with Crippen LogP contribution in [0, 0.1) is 11.7 Å². The molecule has 0 bridgehead atoms. The molecule has 1 saturated heterocycles. The van der Waals surface area contributed by atoms with Crippen LogP contribution in [0.3, 0.4) is 0 Å². The van der Waals surface area contributed by atoms with Crippen LogP contribution in [-0.4, -0.2) is 59.5 Å². The van der Waals surface area contributed by atoms with Gasteiger partial charge >= 0.3 is 5.97 Å². The molecule has 0 spiro atoms. The summed E-state index contributed by atoms with van der Waals surface area (Å²) in [6.07, 6.45) is 5.32. The molecule has 200 valence electrons. The Labute approximate surface area is 227 Å². The first-order valence-corrected chi connectivity index (χ1v) is 14.4. The fraction of sp³-hybridized carbons (Fsp3) is 0.333. The van der Waals surface area contributed by atoms with Crippen molar-refractivity contribution in [3.05, 3.63) is 74.9 Å². The molecule has 5 rings (SSSR count). The summed E-state index contributed by atoms with van der Waals surface area (Å²) < 4.78 is 48.1. The van der Waals surface area contributed by atoms with Crippen molar-refractivity contribution in [1.82, 2.24) is 24.4 Å². The second kappa shape index (κ2) is 10.6. The molecule has 38 heavy (non-hydrogen) atoms. The van der Waals surface area contributed by atoms with Gasteiger partial charge in [0.1, 0.15) is 16.8 Å². The number of aliphatic imine (C=N–C) groups is 1. The third kappa shape index (κ3) is 4.98. The second-order valence-electron chi connectivity index (χ2n) is 8.86. The fourth-order valence-corrected chi connectivity index (χ4v) is 7.00. The fourth-order valence-electron chi connectivity index (χ4n) is 4.68. The number of halogens is 2. The molecule has 2 aromatic heterocycles. The van der Waals surface area contributed by atoms with Crippen molar-refractivity contribution in [1.29, 1.82) is 0 Å². The van der Waals surface area contributed by atoms with Gasteiger partial charge in [0.05, 0.1) is 18.9 Å². The Hall–Kier alpha value is -3.13. The largest absolute Gasteiger partial charge is 0.466 e. The van der Waals surface area contributed by atoms with E-state index in [-0.39, 0.29) is 34.5 Å². The summed E-state index contributed by atoms with van der Waals surface area (Å²) in [6, 6.07) is 3.06. The molecule has 1 atom stereocenters. The average Bonchev–Trinajstić information content (AvgIpc) is 3.60. The van der Waals surface area contributed by atoms with Crippen molar-refractivity contribution < 1.29 is 22.3 Å². The predicted octanol–water partition coefficient (Wildman–Crippen LogP) is 3.29. The van der Waals surface area contributed by atoms with Gasteiger partial charge < -0.3 is 10.1 Å². The number of nitrogens with one attached hydrogen (secondary N) is 1. The minimum Gasteiger partial charge on any atom is -0.466 e. The topological polar surface area (TPSA) is 119 Å². The highest BCUT2D eigenvalue weighted by Crippen LogP contribution is 2.40. The maximum Gasteiger partial charge on any atom is 0.338 e. The van der Waals surface area contributed by atoms with Gasteiger partial charge in [-0.3, -0.25) is 9.67 Å². The molecular weight excluding hydrogens is 555 g/mol. The lowest BCUT2D eigenvalue weighted by Crippen LogP contribution is -2.43. The standard InChI is InChI=1S/C24H24ClFN6O4S2/c1-31-13-16(12-28-31)38(34,35)32-8-5-14(6-9-32)20-19(24(33)36-2)21(17-4-3-15(26)11-18(17)25)30-22(29-20)23-27-7-10-37-23/h3-4,7,10-14,21H,5-6,8-9H2,1-2H3,(H,29,30). The third-order valence-corrected chi connectivity index (χ3v) is 9.51. The van der Waals surface area contributed by atoms with Crippen LogP contribution < -0.4 is 5.32 Å². The zero-order valence-corrected chi connectivity index (χ0v) is 22.9. The van der Waals surface area contributed by atoms with Crippen LogP contribution in [0.25, 0.3) is 0 Å². The smallest absolute Gasteiger partial charge is 0.338 e. The van der Waals surface area contributed by atoms with E-state index in [1.54, 1.807) is 18.6 Å². The van der Waals surface area contributed by atoms with E-state index in [0.717, 1.165) is 0 Å². The number of methoxy groups -OCH3 is 1. The molecule has 0 amide bonds. The number of piperidine rings is 1. The van der Waals surface area contributed by atoms with E-state index in [2.05, 4.69) is 15.4 Å². The Morgan fingerprint density at radius 3 is 2.66 bits per heavy atom. The molecular formula is C24H24ClFN6O4S2. The number of hydrogen-bond acceptors (Lipinski definition) is 9. The van der Waals surface area contributed by atoms with E-state index in [1.807, 2.05) is 0 Å². The summed E-state index contributed by atoms with van der Waals surface area (Å²) in [7, 11) is -0.767. The number of aryl methyl sites for hydroxylation is 1. The molecule has 0 radical (unpaired) electrons. The first-order valence-electron chi connectivity index (χ1n) is 11.7. The summed E-state index contributed by atoms with van der Waals surface area (Å²) in [4.78, 5) is 22.4. The number of nitrogens with zero attached hydrogens (tertiary/aromatic N) is 5. The van der Waals surface area contributed by atoms with Crippen LogP contribution in [-0.2, 0) is 26.6 Å². The number of rotatable bonds is 6. The Bertz CT molecular complexity index is 1530. The van der Waals surface area contributed by atoms with Crippen molar-refractivity contribution in [2.45, 2.75) is 23.8 Å². The number of aromatic nitrogens is 3. The number of sulfonamides is 1. The van der Waals surface area contributed by atoms with Crippen LogP contribution in [0.5, 0.6) is 0 Å². The lowest BCUT2D eigenvalue weighted by Gasteiger charge is -2.36. The van der Waals surface area contributed by atoms with Gasteiger partial charge in [0.15, 0.2) is 10.8 Å². The highest BCUT2D eigenvalue weighted by Gasteiger charge is 2.39. The van der Waals surface area contributed by atoms with E-state index in [4.69, 9.17) is 21.3 Å². The summed E-state index contributed by atoms with van der Waals surface area (Å²) in [6.45, 7) is 0.487. The van der Waals surface area contributed by atoms with Crippen LogP contribution >= 0.6 is 22.9 Å². The Morgan fingerprint density at radius 2 is 2.05 bits per heavy atom. The predicted molar refractivity (Wildman–Crippen MR) is 140 cm³/mol. The molecule has 1 aromatic carbocycles. The van der Waals surface area contributed by atoms with E-state index in [9.17, 15) is 17.6 Å². The van der Waals surface area contributed by atoms with Gasteiger partial charge in [-0.25, -0.2) is 22.6 Å². The molecule has 1 N–H and O–H groups in total. The summed E-state index contributed by atoms with van der Waals surface area (Å²) >= 11 is 7.78. The third-order valence-electron chi connectivity index (χ3n) is 6.55. The van der Waals surface area contributed by atoms with Gasteiger partial charge in [0.2, 0.25) is 10.0 Å². The maximum absolute atomic E-state index is 13.9. The van der Waals surface area contributed by atoms with E-state index >= 15 is 0 Å². The van der Waals surface area contributed by atoms with E-state index in [1.165, 1.54) is 58.0 Å². The van der Waals surface area contributed by atoms with Gasteiger partial charge in [-0.15, -0.1) is 11.3 Å². The lowest BCUT2D eigenvalue weighted by molar-refractivity contribution is -0.136. The van der Waals surface area contributed by atoms with Crippen molar-refractivity contribution >= 4 is 44.8 Å². The number of allylic oxidation sites excluding steroid dienone is 1. The minimum atomic E-state index is -3.70. The Morgan fingerprint density at radius 1 is 1.29 bits per heavy atom. The van der Waals surface area contributed by atoms with Gasteiger partial charge in [0.25, 0.3) is 0 Å². The number of carbonyl (C=O) groups excluding carboxylic acids is 1. The first-order chi connectivity index (χ1) is 18.2. The zero-order valence-electron chi connectivity index (χ0n) is 20.5. The summed E-state index contributed by atoms with van der Waals surface area (Å²) in [5.41, 5.74) is 1.26. The lowest BCUT2D eigenvalue weighted by atomic mass is 9.86. The molecule has 1 unspecified atom stereocenters. The van der Waals surface area contributed by atoms with Crippen LogP contribution in [0.1, 0.15) is 29.5 Å². The SMILES string of the molecule is COC(=O)C1=C(C2CCN(S(=O)(=O)c3cnn(C)c3)CC2)NC(c2nccs2)=NC1c1ccc(F)cc1Cl. The van der Waals surface area contributed by atoms with Gasteiger partial charge in [-0.1, -0.05) is 17.7 Å². The maximum atomic E-state index is 13.9. The molecule has 14 heteroatoms. The summed E-state index contributed by atoms with van der Waals surface area (Å²) in [5.74, 6) is -0.886. The molecule has 0 saturated carbocycles. The van der Waals surface area contributed by atoms with Gasteiger partial charge in [-0.05, 0) is 25.0 Å². The molecule has 0 aliphatic carbocycles. The normalized spacial score (nSPS) is 19.3. The van der Waals surface area contributed by atoms with Crippen molar-refractivity contribution in [2.24, 2.45) is 18.0 Å². The van der Waals surface area contributed by atoms with Gasteiger partial charge in [-0.2, -0.15) is 9.40 Å². The average molecular weight is 579 g/mol. The summed E-state index contributed by atoms with van der Waals surface area (Å²) in [5, 5.41) is 9.80. The number of ether oxygens (including phenoxy) is 1. The van der Waals surface area contributed by atoms with Crippen LogP contribution in [0.15, 0.2) is 63.3 Å². The number of hydrogen-bond donors (Lipinski definition) is 1. The Balaban J connectivity index is 1.52. The molecule has 1 fully saturated rings. The van der Waals surface area contributed by atoms with Gasteiger partial charge in [0, 0.05) is 60.1 Å². The number of amidine groups is 1. The molecule has 10 nitrogen and oxygen atoms in total. The molecule has 4 heterocycles. The highest BCUT2D eigenvalue weighted by atomic mass is 35.5. The van der Waals surface area contributed by atoms with Crippen molar-refractivity contribution in [3.8, 4) is 0 Å². The van der Waals surface area contributed by atoms with E-state index in [0.29, 0.717) is 34.9 Å². The van der Waals surface area contributed by atoms with Crippen molar-refractivity contribution in [2.75, 3.05) is 20.2 Å². The monoisotopic (exact) mass is 578 g/mol. The number of benzene rings is 1. The number of esters is 1. The first kappa shape index (κ1) is 26.5. The number of carbonyl (C=O) groups is 1. The zero-order chi connectivity index (χ0) is 27.0. The quantitative estimate of drug-likeness (QED) is 0.446. The van der Waals surface area contributed by atoms with Crippen LogP contribution in [0.4, 0.5) is 4.39 Å². The van der Waals surface area contributed by atoms with Crippen LogP contribution in [0.2, 0.25) is 5.02 Å². The molecule has 2 aliphatic heterocycles.